The molecule has 1 aliphatic carbocycles. The number of benzene rings is 1. The van der Waals surface area contributed by atoms with Gasteiger partial charge in [0.1, 0.15) is 11.6 Å². The van der Waals surface area contributed by atoms with Crippen LogP contribution in [0.4, 0.5) is 8.78 Å². The second-order valence-electron chi connectivity index (χ2n) is 6.61. The Hall–Kier alpha value is -0.960. The molecule has 1 aliphatic rings. The first-order valence-corrected chi connectivity index (χ1v) is 7.55. The van der Waals surface area contributed by atoms with E-state index in [1.807, 2.05) is 0 Å². The Morgan fingerprint density at radius 1 is 1.15 bits per heavy atom. The van der Waals surface area contributed by atoms with Crippen LogP contribution in [-0.4, -0.2) is 10.7 Å². The van der Waals surface area contributed by atoms with Gasteiger partial charge in [-0.1, -0.05) is 26.7 Å². The van der Waals surface area contributed by atoms with E-state index < -0.39 is 17.2 Å². The summed E-state index contributed by atoms with van der Waals surface area (Å²) in [7, 11) is 0. The highest BCUT2D eigenvalue weighted by Crippen LogP contribution is 2.35. The highest BCUT2D eigenvalue weighted by Gasteiger charge is 2.32. The van der Waals surface area contributed by atoms with E-state index in [0.29, 0.717) is 36.7 Å². The summed E-state index contributed by atoms with van der Waals surface area (Å²) in [4.78, 5) is 0. The fraction of sp³-hybridized carbons (Fsp3) is 0.647. The molecule has 2 rings (SSSR count). The minimum Gasteiger partial charge on any atom is -0.390 e. The number of hydrogen-bond donors (Lipinski definition) is 1. The average molecular weight is 282 g/mol. The van der Waals surface area contributed by atoms with E-state index >= 15 is 0 Å². The summed E-state index contributed by atoms with van der Waals surface area (Å²) < 4.78 is 26.5. The lowest BCUT2D eigenvalue weighted by atomic mass is 9.85. The van der Waals surface area contributed by atoms with Gasteiger partial charge in [-0.15, -0.1) is 0 Å². The van der Waals surface area contributed by atoms with Gasteiger partial charge >= 0.3 is 0 Å². The van der Waals surface area contributed by atoms with Crippen molar-refractivity contribution in [3.8, 4) is 0 Å². The Bertz CT molecular complexity index is 438. The Morgan fingerprint density at radius 2 is 1.80 bits per heavy atom. The molecule has 0 spiro atoms. The van der Waals surface area contributed by atoms with Crippen molar-refractivity contribution in [2.24, 2.45) is 11.8 Å². The van der Waals surface area contributed by atoms with Gasteiger partial charge in [-0.05, 0) is 48.8 Å². The molecule has 1 fully saturated rings. The molecule has 1 saturated carbocycles. The number of rotatable bonds is 3. The van der Waals surface area contributed by atoms with Gasteiger partial charge in [0.05, 0.1) is 5.60 Å². The minimum atomic E-state index is -0.816. The predicted molar refractivity (Wildman–Crippen MR) is 76.4 cm³/mol. The molecule has 1 aromatic rings. The highest BCUT2D eigenvalue weighted by molar-refractivity contribution is 5.20. The van der Waals surface area contributed by atoms with Crippen LogP contribution in [0.2, 0.25) is 0 Å². The summed E-state index contributed by atoms with van der Waals surface area (Å²) in [6.45, 7) is 4.44. The Kier molecular flexibility index (Phi) is 4.79. The summed E-state index contributed by atoms with van der Waals surface area (Å²) in [5, 5.41) is 10.7. The lowest BCUT2D eigenvalue weighted by molar-refractivity contribution is 0.0236. The van der Waals surface area contributed by atoms with Crippen molar-refractivity contribution in [2.75, 3.05) is 0 Å². The topological polar surface area (TPSA) is 20.2 Å². The molecule has 1 N–H and O–H groups in total. The molecule has 20 heavy (non-hydrogen) atoms. The number of halogens is 2. The zero-order valence-electron chi connectivity index (χ0n) is 12.3. The summed E-state index contributed by atoms with van der Waals surface area (Å²) in [6, 6.07) is 3.52. The standard InChI is InChI=1S/C17H24F2O/c1-12(2)14-4-3-6-17(20,7-5-14)11-13-8-15(18)10-16(19)9-13/h8-10,12,14,20H,3-7,11H2,1-2H3. The maximum atomic E-state index is 13.2. The molecule has 0 heterocycles. The van der Waals surface area contributed by atoms with Crippen molar-refractivity contribution in [1.29, 1.82) is 0 Å². The van der Waals surface area contributed by atoms with Crippen molar-refractivity contribution in [3.63, 3.8) is 0 Å². The third-order valence-corrected chi connectivity index (χ3v) is 4.60. The van der Waals surface area contributed by atoms with Crippen molar-refractivity contribution in [2.45, 2.75) is 58.0 Å². The molecule has 2 unspecified atom stereocenters. The van der Waals surface area contributed by atoms with Gasteiger partial charge in [0.2, 0.25) is 0 Å². The smallest absolute Gasteiger partial charge is 0.126 e. The molecule has 0 saturated heterocycles. The summed E-state index contributed by atoms with van der Waals surface area (Å²) in [5.74, 6) is 0.131. The first-order chi connectivity index (χ1) is 9.38. The molecule has 0 bridgehead atoms. The molecular formula is C17H24F2O. The second kappa shape index (κ2) is 6.21. The van der Waals surface area contributed by atoms with E-state index in [4.69, 9.17) is 0 Å². The van der Waals surface area contributed by atoms with Crippen LogP contribution in [0.15, 0.2) is 18.2 Å². The summed E-state index contributed by atoms with van der Waals surface area (Å²) in [5.41, 5.74) is -0.267. The van der Waals surface area contributed by atoms with Gasteiger partial charge in [-0.3, -0.25) is 0 Å². The molecule has 2 atom stereocenters. The van der Waals surface area contributed by atoms with Gasteiger partial charge in [0, 0.05) is 12.5 Å². The van der Waals surface area contributed by atoms with Crippen molar-refractivity contribution in [1.82, 2.24) is 0 Å². The molecule has 112 valence electrons. The van der Waals surface area contributed by atoms with E-state index in [-0.39, 0.29) is 0 Å². The van der Waals surface area contributed by atoms with Crippen LogP contribution in [0.5, 0.6) is 0 Å². The van der Waals surface area contributed by atoms with E-state index in [2.05, 4.69) is 13.8 Å². The van der Waals surface area contributed by atoms with E-state index in [0.717, 1.165) is 25.3 Å². The minimum absolute atomic E-state index is 0.340. The molecule has 1 nitrogen and oxygen atoms in total. The third kappa shape index (κ3) is 4.02. The zero-order chi connectivity index (χ0) is 14.8. The second-order valence-corrected chi connectivity index (χ2v) is 6.61. The monoisotopic (exact) mass is 282 g/mol. The van der Waals surface area contributed by atoms with Crippen molar-refractivity contribution in [3.05, 3.63) is 35.4 Å². The molecule has 0 aromatic heterocycles. The molecule has 0 aliphatic heterocycles. The summed E-state index contributed by atoms with van der Waals surface area (Å²) in [6.07, 6.45) is 4.88. The van der Waals surface area contributed by atoms with Crippen LogP contribution in [-0.2, 0) is 6.42 Å². The van der Waals surface area contributed by atoms with Gasteiger partial charge < -0.3 is 5.11 Å². The highest BCUT2D eigenvalue weighted by atomic mass is 19.1. The maximum Gasteiger partial charge on any atom is 0.126 e. The van der Waals surface area contributed by atoms with Gasteiger partial charge in [-0.2, -0.15) is 0 Å². The van der Waals surface area contributed by atoms with Gasteiger partial charge in [-0.25, -0.2) is 8.78 Å². The lowest BCUT2D eigenvalue weighted by Gasteiger charge is -2.27. The zero-order valence-corrected chi connectivity index (χ0v) is 12.3. The van der Waals surface area contributed by atoms with E-state index in [1.54, 1.807) is 0 Å². The normalized spacial score (nSPS) is 27.6. The molecule has 1 aromatic carbocycles. The predicted octanol–water partition coefficient (Wildman–Crippen LogP) is 4.47. The number of hydrogen-bond acceptors (Lipinski definition) is 1. The molecular weight excluding hydrogens is 258 g/mol. The van der Waals surface area contributed by atoms with E-state index in [9.17, 15) is 13.9 Å². The quantitative estimate of drug-likeness (QED) is 0.811. The van der Waals surface area contributed by atoms with Crippen LogP contribution >= 0.6 is 0 Å². The molecule has 0 radical (unpaired) electrons. The van der Waals surface area contributed by atoms with Crippen LogP contribution in [0.3, 0.4) is 0 Å². The Balaban J connectivity index is 2.07. The number of aliphatic hydroxyl groups is 1. The van der Waals surface area contributed by atoms with Crippen LogP contribution in [0.25, 0.3) is 0 Å². The molecule has 0 amide bonds. The molecule has 3 heteroatoms. The van der Waals surface area contributed by atoms with Crippen LogP contribution in [0, 0.1) is 23.5 Å². The lowest BCUT2D eigenvalue weighted by Crippen LogP contribution is -2.31. The van der Waals surface area contributed by atoms with Gasteiger partial charge in [0.25, 0.3) is 0 Å². The van der Waals surface area contributed by atoms with Crippen molar-refractivity contribution >= 4 is 0 Å². The average Bonchev–Trinajstić information content (AvgIpc) is 2.49. The summed E-state index contributed by atoms with van der Waals surface area (Å²) >= 11 is 0. The Morgan fingerprint density at radius 3 is 2.40 bits per heavy atom. The van der Waals surface area contributed by atoms with Crippen LogP contribution in [0.1, 0.15) is 51.5 Å². The fourth-order valence-electron chi connectivity index (χ4n) is 3.35. The SMILES string of the molecule is CC(C)C1CCCC(O)(Cc2cc(F)cc(F)c2)CC1. The van der Waals surface area contributed by atoms with Gasteiger partial charge in [0.15, 0.2) is 0 Å². The largest absolute Gasteiger partial charge is 0.390 e. The first-order valence-electron chi connectivity index (χ1n) is 7.55. The maximum absolute atomic E-state index is 13.2. The fourth-order valence-corrected chi connectivity index (χ4v) is 3.35. The van der Waals surface area contributed by atoms with E-state index in [1.165, 1.54) is 12.1 Å². The third-order valence-electron chi connectivity index (χ3n) is 4.60. The van der Waals surface area contributed by atoms with Crippen molar-refractivity contribution < 1.29 is 13.9 Å². The van der Waals surface area contributed by atoms with Crippen LogP contribution < -0.4 is 0 Å². The Labute approximate surface area is 120 Å². The first kappa shape index (κ1) is 15.4.